The van der Waals surface area contributed by atoms with E-state index in [0.717, 1.165) is 12.5 Å². The number of hydrogen-bond acceptors (Lipinski definition) is 3. The average molecular weight is 266 g/mol. The molecule has 3 heteroatoms. The van der Waals surface area contributed by atoms with Crippen LogP contribution >= 0.6 is 11.3 Å². The van der Waals surface area contributed by atoms with E-state index >= 15 is 0 Å². The van der Waals surface area contributed by atoms with Gasteiger partial charge in [-0.3, -0.25) is 4.90 Å². The first-order chi connectivity index (χ1) is 8.68. The summed E-state index contributed by atoms with van der Waals surface area (Å²) in [6.45, 7) is 10.6. The molecule has 1 aliphatic rings. The zero-order chi connectivity index (χ0) is 13.0. The topological polar surface area (TPSA) is 15.3 Å². The van der Waals surface area contributed by atoms with Crippen LogP contribution in [0, 0.1) is 5.92 Å². The molecule has 1 aromatic heterocycles. The smallest absolute Gasteiger partial charge is 0.0300 e. The van der Waals surface area contributed by atoms with E-state index in [1.807, 2.05) is 0 Å². The van der Waals surface area contributed by atoms with Gasteiger partial charge in [-0.25, -0.2) is 0 Å². The Morgan fingerprint density at radius 2 is 2.00 bits per heavy atom. The molecule has 0 radical (unpaired) electrons. The molecular weight excluding hydrogens is 240 g/mol. The maximum Gasteiger partial charge on any atom is 0.0300 e. The van der Waals surface area contributed by atoms with Crippen LogP contribution in [-0.2, 0) is 0 Å². The van der Waals surface area contributed by atoms with Gasteiger partial charge in [-0.1, -0.05) is 13.8 Å². The quantitative estimate of drug-likeness (QED) is 0.847. The Balaban J connectivity index is 1.85. The largest absolute Gasteiger partial charge is 0.309 e. The van der Waals surface area contributed by atoms with Gasteiger partial charge in [-0.2, -0.15) is 11.3 Å². The molecule has 2 unspecified atom stereocenters. The Morgan fingerprint density at radius 1 is 1.28 bits per heavy atom. The van der Waals surface area contributed by atoms with Crippen molar-refractivity contribution < 1.29 is 0 Å². The third kappa shape index (κ3) is 3.56. The molecule has 0 spiro atoms. The van der Waals surface area contributed by atoms with E-state index in [4.69, 9.17) is 0 Å². The number of thiophene rings is 1. The van der Waals surface area contributed by atoms with Gasteiger partial charge in [0.1, 0.15) is 0 Å². The normalized spacial score (nSPS) is 20.4. The van der Waals surface area contributed by atoms with Gasteiger partial charge in [0, 0.05) is 18.6 Å². The Labute approximate surface area is 115 Å². The van der Waals surface area contributed by atoms with Crippen molar-refractivity contribution in [1.29, 1.82) is 0 Å². The second kappa shape index (κ2) is 6.69. The van der Waals surface area contributed by atoms with Crippen LogP contribution in [0.25, 0.3) is 0 Å². The minimum absolute atomic E-state index is 0.472. The molecule has 2 nitrogen and oxygen atoms in total. The number of nitrogens with zero attached hydrogens (tertiary/aromatic N) is 1. The first-order valence-corrected chi connectivity index (χ1v) is 8.12. The Bertz CT molecular complexity index is 328. The van der Waals surface area contributed by atoms with E-state index in [0.29, 0.717) is 12.1 Å². The summed E-state index contributed by atoms with van der Waals surface area (Å²) < 4.78 is 0. The van der Waals surface area contributed by atoms with Crippen LogP contribution in [0.5, 0.6) is 0 Å². The highest BCUT2D eigenvalue weighted by molar-refractivity contribution is 7.07. The Kier molecular flexibility index (Phi) is 5.22. The van der Waals surface area contributed by atoms with Crippen molar-refractivity contribution in [3.63, 3.8) is 0 Å². The van der Waals surface area contributed by atoms with E-state index in [1.54, 1.807) is 11.3 Å². The number of hydrogen-bond donors (Lipinski definition) is 1. The van der Waals surface area contributed by atoms with E-state index in [2.05, 4.69) is 47.8 Å². The van der Waals surface area contributed by atoms with Crippen LogP contribution in [-0.4, -0.2) is 30.6 Å². The number of nitrogens with one attached hydrogen (secondary N) is 1. The molecule has 0 amide bonds. The molecule has 2 heterocycles. The van der Waals surface area contributed by atoms with Crippen molar-refractivity contribution in [1.82, 2.24) is 10.2 Å². The summed E-state index contributed by atoms with van der Waals surface area (Å²) in [5.74, 6) is 0.727. The molecule has 0 bridgehead atoms. The molecule has 1 aliphatic heterocycles. The summed E-state index contributed by atoms with van der Waals surface area (Å²) in [7, 11) is 0. The summed E-state index contributed by atoms with van der Waals surface area (Å²) in [6, 6.07) is 3.39. The van der Waals surface area contributed by atoms with Crippen molar-refractivity contribution in [3.05, 3.63) is 22.4 Å². The molecule has 18 heavy (non-hydrogen) atoms. The molecule has 2 atom stereocenters. The lowest BCUT2D eigenvalue weighted by molar-refractivity contribution is 0.183. The molecule has 0 saturated carbocycles. The molecule has 2 rings (SSSR count). The molecule has 0 aromatic carbocycles. The summed E-state index contributed by atoms with van der Waals surface area (Å²) >= 11 is 1.78. The summed E-state index contributed by atoms with van der Waals surface area (Å²) in [6.07, 6.45) is 2.76. The first-order valence-electron chi connectivity index (χ1n) is 7.18. The fourth-order valence-electron chi connectivity index (χ4n) is 2.80. The molecule has 1 saturated heterocycles. The highest BCUT2D eigenvalue weighted by Crippen LogP contribution is 2.19. The van der Waals surface area contributed by atoms with Gasteiger partial charge in [0.15, 0.2) is 0 Å². The zero-order valence-electron chi connectivity index (χ0n) is 11.9. The van der Waals surface area contributed by atoms with E-state index in [9.17, 15) is 0 Å². The number of rotatable bonds is 6. The van der Waals surface area contributed by atoms with Crippen LogP contribution in [0.3, 0.4) is 0 Å². The lowest BCUT2D eigenvalue weighted by Crippen LogP contribution is -2.44. The standard InChI is InChI=1S/C15H26N2S/c1-12(2)15(17-7-4-5-8-17)10-16-13(3)14-6-9-18-11-14/h6,9,11-13,15-16H,4-5,7-8,10H2,1-3H3. The third-order valence-corrected chi connectivity index (χ3v) is 4.76. The molecule has 102 valence electrons. The minimum atomic E-state index is 0.472. The second-order valence-electron chi connectivity index (χ2n) is 5.74. The van der Waals surface area contributed by atoms with Gasteiger partial charge in [0.25, 0.3) is 0 Å². The fraction of sp³-hybridized carbons (Fsp3) is 0.733. The number of likely N-dealkylation sites (tertiary alicyclic amines) is 1. The van der Waals surface area contributed by atoms with Crippen molar-refractivity contribution in [2.24, 2.45) is 5.92 Å². The SMILES string of the molecule is CC(NCC(C(C)C)N1CCCC1)c1ccsc1. The van der Waals surface area contributed by atoms with Crippen molar-refractivity contribution in [2.45, 2.75) is 45.7 Å². The van der Waals surface area contributed by atoms with E-state index in [-0.39, 0.29) is 0 Å². The monoisotopic (exact) mass is 266 g/mol. The van der Waals surface area contributed by atoms with E-state index < -0.39 is 0 Å². The van der Waals surface area contributed by atoms with Gasteiger partial charge >= 0.3 is 0 Å². The Morgan fingerprint density at radius 3 is 2.56 bits per heavy atom. The van der Waals surface area contributed by atoms with Gasteiger partial charge in [-0.05, 0) is 61.2 Å². The molecule has 1 fully saturated rings. The maximum absolute atomic E-state index is 3.71. The van der Waals surface area contributed by atoms with Crippen molar-refractivity contribution >= 4 is 11.3 Å². The zero-order valence-corrected chi connectivity index (χ0v) is 12.7. The second-order valence-corrected chi connectivity index (χ2v) is 6.52. The van der Waals surface area contributed by atoms with Gasteiger partial charge in [0.2, 0.25) is 0 Å². The van der Waals surface area contributed by atoms with Crippen LogP contribution in [0.2, 0.25) is 0 Å². The van der Waals surface area contributed by atoms with Crippen LogP contribution in [0.1, 0.15) is 45.2 Å². The van der Waals surface area contributed by atoms with Crippen molar-refractivity contribution in [2.75, 3.05) is 19.6 Å². The lowest BCUT2D eigenvalue weighted by Gasteiger charge is -2.32. The summed E-state index contributed by atoms with van der Waals surface area (Å²) in [5.41, 5.74) is 1.42. The third-order valence-electron chi connectivity index (χ3n) is 4.06. The predicted octanol–water partition coefficient (Wildman–Crippen LogP) is 3.52. The highest BCUT2D eigenvalue weighted by atomic mass is 32.1. The summed E-state index contributed by atoms with van der Waals surface area (Å²) in [5, 5.41) is 8.12. The van der Waals surface area contributed by atoms with Crippen LogP contribution < -0.4 is 5.32 Å². The fourth-order valence-corrected chi connectivity index (χ4v) is 3.55. The van der Waals surface area contributed by atoms with E-state index in [1.165, 1.54) is 31.5 Å². The first kappa shape index (κ1) is 14.0. The van der Waals surface area contributed by atoms with Gasteiger partial charge in [-0.15, -0.1) is 0 Å². The Hall–Kier alpha value is -0.380. The predicted molar refractivity (Wildman–Crippen MR) is 80.2 cm³/mol. The molecular formula is C15H26N2S. The average Bonchev–Trinajstić information content (AvgIpc) is 3.01. The maximum atomic E-state index is 3.71. The molecule has 1 N–H and O–H groups in total. The van der Waals surface area contributed by atoms with Gasteiger partial charge < -0.3 is 5.32 Å². The molecule has 1 aromatic rings. The summed E-state index contributed by atoms with van der Waals surface area (Å²) in [4.78, 5) is 2.66. The minimum Gasteiger partial charge on any atom is -0.309 e. The van der Waals surface area contributed by atoms with Gasteiger partial charge in [0.05, 0.1) is 0 Å². The lowest BCUT2D eigenvalue weighted by atomic mass is 10.0. The molecule has 0 aliphatic carbocycles. The van der Waals surface area contributed by atoms with Crippen LogP contribution in [0.15, 0.2) is 16.8 Å². The van der Waals surface area contributed by atoms with Crippen molar-refractivity contribution in [3.8, 4) is 0 Å². The highest BCUT2D eigenvalue weighted by Gasteiger charge is 2.24. The van der Waals surface area contributed by atoms with Crippen LogP contribution in [0.4, 0.5) is 0 Å².